The van der Waals surface area contributed by atoms with E-state index in [4.69, 9.17) is 11.6 Å². The van der Waals surface area contributed by atoms with Crippen molar-refractivity contribution in [3.05, 3.63) is 88.8 Å². The van der Waals surface area contributed by atoms with Crippen LogP contribution in [0.15, 0.2) is 66.7 Å². The Bertz CT molecular complexity index is 1420. The van der Waals surface area contributed by atoms with Crippen LogP contribution in [0.2, 0.25) is 5.02 Å². The second-order valence-corrected chi connectivity index (χ2v) is 7.88. The number of anilines is 1. The van der Waals surface area contributed by atoms with Gasteiger partial charge >= 0.3 is 0 Å². The number of aryl methyl sites for hydroxylation is 2. The molecule has 0 saturated heterocycles. The highest BCUT2D eigenvalue weighted by Gasteiger charge is 2.16. The van der Waals surface area contributed by atoms with Crippen LogP contribution in [0.5, 0.6) is 0 Å². The lowest BCUT2D eigenvalue weighted by atomic mass is 10.2. The van der Waals surface area contributed by atoms with Crippen molar-refractivity contribution in [2.75, 3.05) is 5.32 Å². The van der Waals surface area contributed by atoms with Crippen LogP contribution in [0.25, 0.3) is 28.2 Å². The number of aromatic nitrogens is 5. The lowest BCUT2D eigenvalue weighted by molar-refractivity contribution is 0.102. The van der Waals surface area contributed by atoms with E-state index in [0.717, 1.165) is 33.8 Å². The van der Waals surface area contributed by atoms with E-state index in [2.05, 4.69) is 25.4 Å². The first-order valence-corrected chi connectivity index (χ1v) is 10.4. The molecule has 0 radical (unpaired) electrons. The fraction of sp³-hybridized carbons (Fsp3) is 0.0833. The van der Waals surface area contributed by atoms with Crippen LogP contribution in [0.4, 0.5) is 5.69 Å². The zero-order valence-electron chi connectivity index (χ0n) is 17.4. The minimum Gasteiger partial charge on any atom is -0.338 e. The molecule has 0 atom stereocenters. The van der Waals surface area contributed by atoms with E-state index in [1.165, 1.54) is 0 Å². The Kier molecular flexibility index (Phi) is 4.95. The molecule has 7 nitrogen and oxygen atoms in total. The van der Waals surface area contributed by atoms with Gasteiger partial charge in [0.1, 0.15) is 11.5 Å². The molecule has 2 aromatic carbocycles. The summed E-state index contributed by atoms with van der Waals surface area (Å²) in [5, 5.41) is 7.55. The van der Waals surface area contributed by atoms with Crippen molar-refractivity contribution in [1.82, 2.24) is 24.7 Å². The summed E-state index contributed by atoms with van der Waals surface area (Å²) in [4.78, 5) is 25.2. The standard InChI is InChI=1S/C24H19ClN6O/c1-14-13-15(2)31(30-14)21-12-11-18(25)22(29-21)24(32)26-17-9-7-16(8-10-17)23-27-19-5-3-4-6-20(19)28-23/h3-13H,1-2H3,(H,26,32)(H,27,28). The van der Waals surface area contributed by atoms with Crippen molar-refractivity contribution in [1.29, 1.82) is 0 Å². The van der Waals surface area contributed by atoms with Gasteiger partial charge in [0.25, 0.3) is 5.91 Å². The number of halogens is 1. The van der Waals surface area contributed by atoms with Crippen molar-refractivity contribution >= 4 is 34.2 Å². The average molecular weight is 443 g/mol. The van der Waals surface area contributed by atoms with Crippen LogP contribution >= 0.6 is 11.6 Å². The van der Waals surface area contributed by atoms with Gasteiger partial charge in [-0.1, -0.05) is 23.7 Å². The molecule has 0 bridgehead atoms. The summed E-state index contributed by atoms with van der Waals surface area (Å²) in [5.74, 6) is 0.909. The number of H-pyrrole nitrogens is 1. The van der Waals surface area contributed by atoms with Crippen molar-refractivity contribution in [3.8, 4) is 17.2 Å². The third-order valence-electron chi connectivity index (χ3n) is 5.08. The molecule has 0 unspecified atom stereocenters. The molecule has 0 aliphatic rings. The number of benzene rings is 2. The van der Waals surface area contributed by atoms with E-state index in [9.17, 15) is 4.79 Å². The topological polar surface area (TPSA) is 88.5 Å². The zero-order valence-corrected chi connectivity index (χ0v) is 18.2. The molecule has 3 heterocycles. The highest BCUT2D eigenvalue weighted by molar-refractivity contribution is 6.34. The minimum absolute atomic E-state index is 0.137. The third-order valence-corrected chi connectivity index (χ3v) is 5.38. The average Bonchev–Trinajstić information content (AvgIpc) is 3.37. The zero-order chi connectivity index (χ0) is 22.2. The predicted octanol–water partition coefficient (Wildman–Crippen LogP) is 5.33. The van der Waals surface area contributed by atoms with Gasteiger partial charge in [0.05, 0.1) is 21.7 Å². The van der Waals surface area contributed by atoms with Gasteiger partial charge in [-0.2, -0.15) is 5.10 Å². The third kappa shape index (κ3) is 3.74. The van der Waals surface area contributed by atoms with E-state index in [0.29, 0.717) is 11.5 Å². The molecule has 1 amide bonds. The maximum Gasteiger partial charge on any atom is 0.275 e. The van der Waals surface area contributed by atoms with E-state index >= 15 is 0 Å². The molecule has 5 aromatic rings. The summed E-state index contributed by atoms with van der Waals surface area (Å²) in [6, 6.07) is 20.6. The van der Waals surface area contributed by atoms with Crippen LogP contribution in [0.3, 0.4) is 0 Å². The lowest BCUT2D eigenvalue weighted by Gasteiger charge is -2.09. The van der Waals surface area contributed by atoms with Gasteiger partial charge in [0.15, 0.2) is 5.82 Å². The largest absolute Gasteiger partial charge is 0.338 e. The van der Waals surface area contributed by atoms with Crippen LogP contribution in [0, 0.1) is 13.8 Å². The Morgan fingerprint density at radius 1 is 1.00 bits per heavy atom. The summed E-state index contributed by atoms with van der Waals surface area (Å²) in [6.07, 6.45) is 0. The Morgan fingerprint density at radius 3 is 2.50 bits per heavy atom. The molecule has 5 rings (SSSR count). The molecule has 32 heavy (non-hydrogen) atoms. The summed E-state index contributed by atoms with van der Waals surface area (Å²) in [5.41, 5.74) is 5.36. The number of nitrogens with zero attached hydrogens (tertiary/aromatic N) is 4. The second kappa shape index (κ2) is 7.94. The number of carbonyl (C=O) groups excluding carboxylic acids is 1. The quantitative estimate of drug-likeness (QED) is 0.393. The van der Waals surface area contributed by atoms with Crippen LogP contribution in [0.1, 0.15) is 21.9 Å². The normalized spacial score (nSPS) is 11.1. The van der Waals surface area contributed by atoms with Gasteiger partial charge in [-0.25, -0.2) is 14.6 Å². The maximum absolute atomic E-state index is 12.9. The second-order valence-electron chi connectivity index (χ2n) is 7.47. The molecular weight excluding hydrogens is 424 g/mol. The summed E-state index contributed by atoms with van der Waals surface area (Å²) >= 11 is 6.27. The molecule has 0 fully saturated rings. The summed E-state index contributed by atoms with van der Waals surface area (Å²) in [6.45, 7) is 3.83. The van der Waals surface area contributed by atoms with Gasteiger partial charge in [-0.3, -0.25) is 4.79 Å². The summed E-state index contributed by atoms with van der Waals surface area (Å²) in [7, 11) is 0. The van der Waals surface area contributed by atoms with E-state index in [1.54, 1.807) is 16.8 Å². The minimum atomic E-state index is -0.394. The Morgan fingerprint density at radius 2 is 1.78 bits per heavy atom. The number of pyridine rings is 1. The van der Waals surface area contributed by atoms with Gasteiger partial charge in [-0.05, 0) is 68.4 Å². The smallest absolute Gasteiger partial charge is 0.275 e. The van der Waals surface area contributed by atoms with Gasteiger partial charge < -0.3 is 10.3 Å². The van der Waals surface area contributed by atoms with E-state index in [1.807, 2.05) is 68.4 Å². The highest BCUT2D eigenvalue weighted by Crippen LogP contribution is 2.23. The first-order chi connectivity index (χ1) is 15.5. The molecule has 0 spiro atoms. The number of carbonyl (C=O) groups is 1. The number of fused-ring (bicyclic) bond motifs is 1. The molecule has 0 aliphatic carbocycles. The molecule has 8 heteroatoms. The number of hydrogen-bond donors (Lipinski definition) is 2. The number of para-hydroxylation sites is 2. The molecule has 0 aliphatic heterocycles. The maximum atomic E-state index is 12.9. The molecule has 3 aromatic heterocycles. The Hall–Kier alpha value is -3.97. The summed E-state index contributed by atoms with van der Waals surface area (Å²) < 4.78 is 1.69. The SMILES string of the molecule is Cc1cc(C)n(-c2ccc(Cl)c(C(=O)Nc3ccc(-c4nc5ccccc5[nH]4)cc3)n2)n1. The first-order valence-electron chi connectivity index (χ1n) is 10.0. The van der Waals surface area contributed by atoms with E-state index < -0.39 is 5.91 Å². The Balaban J connectivity index is 1.38. The monoisotopic (exact) mass is 442 g/mol. The Labute approximate surface area is 189 Å². The van der Waals surface area contributed by atoms with Gasteiger partial charge in [-0.15, -0.1) is 0 Å². The molecule has 158 valence electrons. The van der Waals surface area contributed by atoms with Gasteiger partial charge in [0, 0.05) is 16.9 Å². The van der Waals surface area contributed by atoms with Crippen LogP contribution < -0.4 is 5.32 Å². The number of nitrogens with one attached hydrogen (secondary N) is 2. The molecule has 2 N–H and O–H groups in total. The predicted molar refractivity (Wildman–Crippen MR) is 125 cm³/mol. The molecule has 0 saturated carbocycles. The number of rotatable bonds is 4. The van der Waals surface area contributed by atoms with Crippen LogP contribution in [-0.2, 0) is 0 Å². The fourth-order valence-electron chi connectivity index (χ4n) is 3.56. The lowest BCUT2D eigenvalue weighted by Crippen LogP contribution is -2.16. The fourth-order valence-corrected chi connectivity index (χ4v) is 3.75. The number of hydrogen-bond acceptors (Lipinski definition) is 4. The van der Waals surface area contributed by atoms with Gasteiger partial charge in [0.2, 0.25) is 0 Å². The van der Waals surface area contributed by atoms with Crippen LogP contribution in [-0.4, -0.2) is 30.6 Å². The van der Waals surface area contributed by atoms with E-state index in [-0.39, 0.29) is 10.7 Å². The first kappa shape index (κ1) is 20.0. The van der Waals surface area contributed by atoms with Crippen molar-refractivity contribution in [2.45, 2.75) is 13.8 Å². The number of imidazole rings is 1. The molecular formula is C24H19ClN6O. The van der Waals surface area contributed by atoms with Crippen molar-refractivity contribution in [2.24, 2.45) is 0 Å². The van der Waals surface area contributed by atoms with Crippen molar-refractivity contribution in [3.63, 3.8) is 0 Å². The highest BCUT2D eigenvalue weighted by atomic mass is 35.5. The van der Waals surface area contributed by atoms with Crippen molar-refractivity contribution < 1.29 is 4.79 Å². The number of amides is 1. The number of aromatic amines is 1.